The predicted octanol–water partition coefficient (Wildman–Crippen LogP) is 3.88. The molecule has 2 aliphatic rings. The van der Waals surface area contributed by atoms with Gasteiger partial charge < -0.3 is 9.64 Å². The molecule has 1 aromatic rings. The molecule has 1 amide bonds. The summed E-state index contributed by atoms with van der Waals surface area (Å²) in [5.74, 6) is 1.69. The number of piperidine rings is 1. The zero-order chi connectivity index (χ0) is 14.5. The van der Waals surface area contributed by atoms with Crippen LogP contribution in [0.2, 0.25) is 0 Å². The van der Waals surface area contributed by atoms with Crippen molar-refractivity contribution in [3.05, 3.63) is 29.8 Å². The van der Waals surface area contributed by atoms with E-state index in [4.69, 9.17) is 4.74 Å². The first-order chi connectivity index (χ1) is 10.3. The van der Waals surface area contributed by atoms with Gasteiger partial charge in [0.25, 0.3) is 5.91 Å². The highest BCUT2D eigenvalue weighted by Crippen LogP contribution is 2.26. The topological polar surface area (TPSA) is 29.5 Å². The lowest BCUT2D eigenvalue weighted by molar-refractivity contribution is 0.0724. The van der Waals surface area contributed by atoms with E-state index in [2.05, 4.69) is 0 Å². The van der Waals surface area contributed by atoms with Gasteiger partial charge in [-0.05, 0) is 56.2 Å². The van der Waals surface area contributed by atoms with Crippen molar-refractivity contribution in [3.63, 3.8) is 0 Å². The molecule has 114 valence electrons. The standard InChI is InChI=1S/C18H25NO2/c20-18(19-11-4-1-5-12-19)16-9-6-10-17(13-16)21-14-15-7-2-3-8-15/h6,9-10,13,15H,1-5,7-8,11-12,14H2. The predicted molar refractivity (Wildman–Crippen MR) is 83.6 cm³/mol. The molecular formula is C18H25NO2. The van der Waals surface area contributed by atoms with Crippen molar-refractivity contribution in [3.8, 4) is 5.75 Å². The monoisotopic (exact) mass is 287 g/mol. The summed E-state index contributed by atoms with van der Waals surface area (Å²) in [6.07, 6.45) is 8.74. The Morgan fingerprint density at radius 1 is 1.10 bits per heavy atom. The van der Waals surface area contributed by atoms with Crippen LogP contribution in [0.15, 0.2) is 24.3 Å². The van der Waals surface area contributed by atoms with Crippen LogP contribution < -0.4 is 4.74 Å². The second kappa shape index (κ2) is 6.97. The molecule has 1 saturated heterocycles. The molecule has 3 heteroatoms. The minimum absolute atomic E-state index is 0.154. The number of nitrogens with zero attached hydrogens (tertiary/aromatic N) is 1. The van der Waals surface area contributed by atoms with E-state index in [0.717, 1.165) is 43.9 Å². The Hall–Kier alpha value is -1.51. The molecule has 1 aromatic carbocycles. The number of amides is 1. The molecule has 1 aliphatic heterocycles. The van der Waals surface area contributed by atoms with E-state index in [1.54, 1.807) is 0 Å². The summed E-state index contributed by atoms with van der Waals surface area (Å²) in [4.78, 5) is 14.5. The van der Waals surface area contributed by atoms with Gasteiger partial charge in [0.15, 0.2) is 0 Å². The highest BCUT2D eigenvalue weighted by molar-refractivity contribution is 5.94. The van der Waals surface area contributed by atoms with E-state index >= 15 is 0 Å². The number of benzene rings is 1. The number of hydrogen-bond donors (Lipinski definition) is 0. The quantitative estimate of drug-likeness (QED) is 0.841. The van der Waals surface area contributed by atoms with Gasteiger partial charge in [0, 0.05) is 18.7 Å². The maximum absolute atomic E-state index is 12.5. The van der Waals surface area contributed by atoms with Gasteiger partial charge in [0.1, 0.15) is 5.75 Å². The number of carbonyl (C=O) groups excluding carboxylic acids is 1. The van der Waals surface area contributed by atoms with E-state index in [1.165, 1.54) is 32.1 Å². The normalized spacial score (nSPS) is 19.7. The van der Waals surface area contributed by atoms with Crippen molar-refractivity contribution in [2.24, 2.45) is 5.92 Å². The third kappa shape index (κ3) is 3.78. The number of carbonyl (C=O) groups is 1. The van der Waals surface area contributed by atoms with Crippen LogP contribution in [-0.2, 0) is 0 Å². The fraction of sp³-hybridized carbons (Fsp3) is 0.611. The number of hydrogen-bond acceptors (Lipinski definition) is 2. The third-order valence-corrected chi connectivity index (χ3v) is 4.68. The average Bonchev–Trinajstić information content (AvgIpc) is 3.07. The lowest BCUT2D eigenvalue weighted by Crippen LogP contribution is -2.35. The van der Waals surface area contributed by atoms with Crippen molar-refractivity contribution in [1.82, 2.24) is 4.90 Å². The number of likely N-dealkylation sites (tertiary alicyclic amines) is 1. The van der Waals surface area contributed by atoms with Gasteiger partial charge >= 0.3 is 0 Å². The van der Waals surface area contributed by atoms with Crippen LogP contribution in [0.4, 0.5) is 0 Å². The molecule has 1 heterocycles. The van der Waals surface area contributed by atoms with Crippen molar-refractivity contribution in [2.75, 3.05) is 19.7 Å². The summed E-state index contributed by atoms with van der Waals surface area (Å²) in [5.41, 5.74) is 0.765. The minimum atomic E-state index is 0.154. The van der Waals surface area contributed by atoms with Gasteiger partial charge in [-0.3, -0.25) is 4.79 Å². The van der Waals surface area contributed by atoms with Crippen LogP contribution in [0.1, 0.15) is 55.3 Å². The van der Waals surface area contributed by atoms with Crippen molar-refractivity contribution in [2.45, 2.75) is 44.9 Å². The van der Waals surface area contributed by atoms with Crippen LogP contribution in [0.3, 0.4) is 0 Å². The van der Waals surface area contributed by atoms with E-state index in [1.807, 2.05) is 29.2 Å². The molecule has 0 N–H and O–H groups in total. The van der Waals surface area contributed by atoms with E-state index in [-0.39, 0.29) is 5.91 Å². The largest absolute Gasteiger partial charge is 0.493 e. The second-order valence-corrected chi connectivity index (χ2v) is 6.34. The van der Waals surface area contributed by atoms with E-state index in [9.17, 15) is 4.79 Å². The van der Waals surface area contributed by atoms with Gasteiger partial charge in [0.05, 0.1) is 6.61 Å². The lowest BCUT2D eigenvalue weighted by atomic mass is 10.1. The Kier molecular flexibility index (Phi) is 4.79. The van der Waals surface area contributed by atoms with Gasteiger partial charge in [-0.2, -0.15) is 0 Å². The van der Waals surface area contributed by atoms with Crippen LogP contribution in [0.25, 0.3) is 0 Å². The van der Waals surface area contributed by atoms with Crippen molar-refractivity contribution < 1.29 is 9.53 Å². The molecule has 1 saturated carbocycles. The van der Waals surface area contributed by atoms with Crippen LogP contribution in [0, 0.1) is 5.92 Å². The number of ether oxygens (including phenoxy) is 1. The second-order valence-electron chi connectivity index (χ2n) is 6.34. The Labute approximate surface area is 127 Å². The first kappa shape index (κ1) is 14.4. The summed E-state index contributed by atoms with van der Waals surface area (Å²) >= 11 is 0. The fourth-order valence-electron chi connectivity index (χ4n) is 3.39. The zero-order valence-electron chi connectivity index (χ0n) is 12.7. The van der Waals surface area contributed by atoms with Gasteiger partial charge in [-0.1, -0.05) is 18.9 Å². The average molecular weight is 287 g/mol. The summed E-state index contributed by atoms with van der Waals surface area (Å²) in [7, 11) is 0. The maximum Gasteiger partial charge on any atom is 0.253 e. The van der Waals surface area contributed by atoms with Gasteiger partial charge in [-0.25, -0.2) is 0 Å². The molecular weight excluding hydrogens is 262 g/mol. The lowest BCUT2D eigenvalue weighted by Gasteiger charge is -2.26. The first-order valence-electron chi connectivity index (χ1n) is 8.35. The molecule has 0 aromatic heterocycles. The van der Waals surface area contributed by atoms with Crippen LogP contribution >= 0.6 is 0 Å². The SMILES string of the molecule is O=C(c1cccc(OCC2CCCC2)c1)N1CCCCC1. The molecule has 0 radical (unpaired) electrons. The summed E-state index contributed by atoms with van der Waals surface area (Å²) in [5, 5.41) is 0. The smallest absolute Gasteiger partial charge is 0.253 e. The molecule has 0 unspecified atom stereocenters. The Bertz CT molecular complexity index is 474. The van der Waals surface area contributed by atoms with Crippen LogP contribution in [-0.4, -0.2) is 30.5 Å². The summed E-state index contributed by atoms with van der Waals surface area (Å²) in [6.45, 7) is 2.58. The maximum atomic E-state index is 12.5. The fourth-order valence-corrected chi connectivity index (χ4v) is 3.39. The summed E-state index contributed by atoms with van der Waals surface area (Å²) in [6, 6.07) is 7.70. The van der Waals surface area contributed by atoms with Gasteiger partial charge in [0.2, 0.25) is 0 Å². The Morgan fingerprint density at radius 2 is 1.86 bits per heavy atom. The minimum Gasteiger partial charge on any atom is -0.493 e. The molecule has 1 aliphatic carbocycles. The van der Waals surface area contributed by atoms with E-state index < -0.39 is 0 Å². The molecule has 2 fully saturated rings. The molecule has 0 bridgehead atoms. The molecule has 0 spiro atoms. The molecule has 3 rings (SSSR count). The molecule has 21 heavy (non-hydrogen) atoms. The van der Waals surface area contributed by atoms with Crippen molar-refractivity contribution in [1.29, 1.82) is 0 Å². The Morgan fingerprint density at radius 3 is 2.62 bits per heavy atom. The highest BCUT2D eigenvalue weighted by atomic mass is 16.5. The number of rotatable bonds is 4. The van der Waals surface area contributed by atoms with E-state index in [0.29, 0.717) is 5.92 Å². The molecule has 0 atom stereocenters. The van der Waals surface area contributed by atoms with Gasteiger partial charge in [-0.15, -0.1) is 0 Å². The third-order valence-electron chi connectivity index (χ3n) is 4.68. The van der Waals surface area contributed by atoms with Crippen molar-refractivity contribution >= 4 is 5.91 Å². The zero-order valence-corrected chi connectivity index (χ0v) is 12.7. The first-order valence-corrected chi connectivity index (χ1v) is 8.35. The summed E-state index contributed by atoms with van der Waals surface area (Å²) < 4.78 is 5.90. The Balaban J connectivity index is 1.60. The highest BCUT2D eigenvalue weighted by Gasteiger charge is 2.19. The van der Waals surface area contributed by atoms with Crippen LogP contribution in [0.5, 0.6) is 5.75 Å². The molecule has 3 nitrogen and oxygen atoms in total.